The maximum absolute atomic E-state index is 3.15. The van der Waals surface area contributed by atoms with Gasteiger partial charge in [0.15, 0.2) is 0 Å². The minimum atomic E-state index is 1.06. The van der Waals surface area contributed by atoms with Crippen molar-refractivity contribution >= 4 is 15.9 Å². The highest BCUT2D eigenvalue weighted by Gasteiger charge is 1.95. The molecule has 0 amide bonds. The van der Waals surface area contributed by atoms with Crippen molar-refractivity contribution in [1.82, 2.24) is 0 Å². The molecular formula is C6H13Br. The summed E-state index contributed by atoms with van der Waals surface area (Å²) >= 11 is 3.15. The molecule has 1 saturated carbocycles. The molecule has 0 heterocycles. The maximum Gasteiger partial charge on any atom is 0.000281 e. The van der Waals surface area contributed by atoms with Gasteiger partial charge in [-0.1, -0.05) is 48.5 Å². The van der Waals surface area contributed by atoms with Crippen LogP contribution in [0.1, 0.15) is 32.6 Å². The SMILES string of the molecule is C1CCC1.CCBr. The van der Waals surface area contributed by atoms with Crippen LogP contribution in [-0.4, -0.2) is 5.33 Å². The first kappa shape index (κ1) is 7.48. The minimum Gasteiger partial charge on any atom is -0.0931 e. The van der Waals surface area contributed by atoms with Gasteiger partial charge in [0, 0.05) is 5.33 Å². The monoisotopic (exact) mass is 164 g/mol. The molecule has 7 heavy (non-hydrogen) atoms. The minimum absolute atomic E-state index is 1.06. The Hall–Kier alpha value is 0.480. The number of hydrogen-bond acceptors (Lipinski definition) is 0. The zero-order valence-corrected chi connectivity index (χ0v) is 6.50. The van der Waals surface area contributed by atoms with Crippen LogP contribution >= 0.6 is 15.9 Å². The molecule has 0 aromatic heterocycles. The van der Waals surface area contributed by atoms with Crippen LogP contribution in [0.25, 0.3) is 0 Å². The van der Waals surface area contributed by atoms with E-state index in [1.807, 2.05) is 6.92 Å². The molecule has 1 aliphatic rings. The van der Waals surface area contributed by atoms with Crippen LogP contribution in [0, 0.1) is 0 Å². The lowest BCUT2D eigenvalue weighted by molar-refractivity contribution is 0.504. The Morgan fingerprint density at radius 3 is 1.29 bits per heavy atom. The summed E-state index contributed by atoms with van der Waals surface area (Å²) in [6, 6.07) is 0. The molecule has 0 aromatic rings. The van der Waals surface area contributed by atoms with Crippen molar-refractivity contribution in [3.63, 3.8) is 0 Å². The van der Waals surface area contributed by atoms with Gasteiger partial charge in [0.2, 0.25) is 0 Å². The molecule has 0 saturated heterocycles. The molecule has 1 aliphatic carbocycles. The van der Waals surface area contributed by atoms with Crippen molar-refractivity contribution < 1.29 is 0 Å². The lowest BCUT2D eigenvalue weighted by Gasteiger charge is -2.05. The Labute approximate surface area is 54.4 Å². The Morgan fingerprint density at radius 2 is 1.29 bits per heavy atom. The Balaban J connectivity index is 0.000000110. The van der Waals surface area contributed by atoms with Crippen LogP contribution in [0.3, 0.4) is 0 Å². The first-order valence-electron chi connectivity index (χ1n) is 2.97. The van der Waals surface area contributed by atoms with Gasteiger partial charge in [-0.25, -0.2) is 0 Å². The summed E-state index contributed by atoms with van der Waals surface area (Å²) in [7, 11) is 0. The number of alkyl halides is 1. The van der Waals surface area contributed by atoms with Gasteiger partial charge in [-0.15, -0.1) is 0 Å². The van der Waals surface area contributed by atoms with E-state index in [-0.39, 0.29) is 0 Å². The van der Waals surface area contributed by atoms with Crippen molar-refractivity contribution in [1.29, 1.82) is 0 Å². The number of rotatable bonds is 0. The van der Waals surface area contributed by atoms with Gasteiger partial charge in [0.25, 0.3) is 0 Å². The molecule has 1 rings (SSSR count). The molecule has 0 nitrogen and oxygen atoms in total. The van der Waals surface area contributed by atoms with E-state index in [1.54, 1.807) is 0 Å². The highest BCUT2D eigenvalue weighted by Crippen LogP contribution is 2.15. The molecule has 44 valence electrons. The molecule has 0 atom stereocenters. The van der Waals surface area contributed by atoms with Gasteiger partial charge in [0.1, 0.15) is 0 Å². The van der Waals surface area contributed by atoms with E-state index in [0.717, 1.165) is 5.33 Å². The van der Waals surface area contributed by atoms with Crippen LogP contribution in [-0.2, 0) is 0 Å². The molecule has 0 aliphatic heterocycles. The van der Waals surface area contributed by atoms with Crippen LogP contribution in [0.15, 0.2) is 0 Å². The molecular weight excluding hydrogens is 152 g/mol. The fraction of sp³-hybridized carbons (Fsp3) is 1.00. The molecule has 0 bridgehead atoms. The fourth-order valence-electron chi connectivity index (χ4n) is 0.250. The van der Waals surface area contributed by atoms with Crippen LogP contribution in [0.2, 0.25) is 0 Å². The van der Waals surface area contributed by atoms with E-state index >= 15 is 0 Å². The van der Waals surface area contributed by atoms with E-state index in [9.17, 15) is 0 Å². The topological polar surface area (TPSA) is 0 Å². The lowest BCUT2D eigenvalue weighted by Crippen LogP contribution is -1.85. The van der Waals surface area contributed by atoms with E-state index < -0.39 is 0 Å². The zero-order chi connectivity index (χ0) is 5.54. The van der Waals surface area contributed by atoms with Gasteiger partial charge in [0.05, 0.1) is 0 Å². The molecule has 0 unspecified atom stereocenters. The third-order valence-electron chi connectivity index (χ3n) is 1.000. The van der Waals surface area contributed by atoms with E-state index in [1.165, 1.54) is 25.7 Å². The van der Waals surface area contributed by atoms with E-state index in [2.05, 4.69) is 15.9 Å². The van der Waals surface area contributed by atoms with Crippen molar-refractivity contribution in [2.75, 3.05) is 5.33 Å². The summed E-state index contributed by atoms with van der Waals surface area (Å²) < 4.78 is 0. The number of halogens is 1. The maximum atomic E-state index is 3.15. The first-order chi connectivity index (χ1) is 3.41. The first-order valence-corrected chi connectivity index (χ1v) is 4.10. The van der Waals surface area contributed by atoms with Crippen LogP contribution < -0.4 is 0 Å². The second-order valence-electron chi connectivity index (χ2n) is 1.68. The summed E-state index contributed by atoms with van der Waals surface area (Å²) in [5, 5.41) is 1.06. The largest absolute Gasteiger partial charge is 0.0931 e. The van der Waals surface area contributed by atoms with Crippen molar-refractivity contribution in [2.24, 2.45) is 0 Å². The molecule has 1 heteroatoms. The standard InChI is InChI=1S/C4H8.C2H5Br/c1-2-4-3-1;1-2-3/h1-4H2;2H2,1H3. The normalized spacial score (nSPS) is 16.3. The van der Waals surface area contributed by atoms with Gasteiger partial charge >= 0.3 is 0 Å². The van der Waals surface area contributed by atoms with E-state index in [4.69, 9.17) is 0 Å². The van der Waals surface area contributed by atoms with Gasteiger partial charge in [-0.3, -0.25) is 0 Å². The Kier molecular flexibility index (Phi) is 6.92. The third-order valence-corrected chi connectivity index (χ3v) is 1.000. The summed E-state index contributed by atoms with van der Waals surface area (Å²) in [6.45, 7) is 2.04. The Morgan fingerprint density at radius 1 is 1.14 bits per heavy atom. The highest BCUT2D eigenvalue weighted by molar-refractivity contribution is 9.09. The third kappa shape index (κ3) is 6.48. The molecule has 0 N–H and O–H groups in total. The van der Waals surface area contributed by atoms with E-state index in [0.29, 0.717) is 0 Å². The Bertz CT molecular complexity index is 19.4. The second-order valence-corrected chi connectivity index (χ2v) is 2.80. The summed E-state index contributed by atoms with van der Waals surface area (Å²) in [5.74, 6) is 0. The summed E-state index contributed by atoms with van der Waals surface area (Å²) in [6.07, 6.45) is 6.00. The van der Waals surface area contributed by atoms with Gasteiger partial charge in [-0.05, 0) is 0 Å². The smallest absolute Gasteiger partial charge is 0.000281 e. The second kappa shape index (κ2) is 6.48. The van der Waals surface area contributed by atoms with Crippen molar-refractivity contribution in [3.05, 3.63) is 0 Å². The van der Waals surface area contributed by atoms with Crippen molar-refractivity contribution in [2.45, 2.75) is 32.6 Å². The lowest BCUT2D eigenvalue weighted by atomic mass is 10.0. The van der Waals surface area contributed by atoms with Gasteiger partial charge < -0.3 is 0 Å². The quantitative estimate of drug-likeness (QED) is 0.484. The predicted molar refractivity (Wildman–Crippen MR) is 37.9 cm³/mol. The van der Waals surface area contributed by atoms with Crippen LogP contribution in [0.5, 0.6) is 0 Å². The summed E-state index contributed by atoms with van der Waals surface area (Å²) in [5.41, 5.74) is 0. The average molecular weight is 165 g/mol. The van der Waals surface area contributed by atoms with Gasteiger partial charge in [-0.2, -0.15) is 0 Å². The predicted octanol–water partition coefficient (Wildman–Crippen LogP) is 2.96. The van der Waals surface area contributed by atoms with Crippen LogP contribution in [0.4, 0.5) is 0 Å². The molecule has 1 fully saturated rings. The average Bonchev–Trinajstić information content (AvgIpc) is 1.27. The summed E-state index contributed by atoms with van der Waals surface area (Å²) in [4.78, 5) is 0. The highest BCUT2D eigenvalue weighted by atomic mass is 79.9. The molecule has 0 spiro atoms. The molecule has 0 radical (unpaired) electrons. The van der Waals surface area contributed by atoms with Crippen molar-refractivity contribution in [3.8, 4) is 0 Å². The fourth-order valence-corrected chi connectivity index (χ4v) is 0.250. The molecule has 0 aromatic carbocycles. The number of hydrogen-bond donors (Lipinski definition) is 0. The zero-order valence-electron chi connectivity index (χ0n) is 4.91.